The van der Waals surface area contributed by atoms with Gasteiger partial charge in [-0.1, -0.05) is 12.1 Å². The van der Waals surface area contributed by atoms with Gasteiger partial charge in [-0.2, -0.15) is 5.10 Å². The van der Waals surface area contributed by atoms with E-state index in [0.717, 1.165) is 11.1 Å². The number of amides is 2. The zero-order valence-electron chi connectivity index (χ0n) is 16.2. The SMILES string of the molecule is Cc1ccc(C)c(N2N=C(C(=O)Nc3ccc(-n4ccnc4)nc3)CCC2=O)c1. The van der Waals surface area contributed by atoms with Gasteiger partial charge in [0.15, 0.2) is 0 Å². The molecule has 0 saturated heterocycles. The van der Waals surface area contributed by atoms with Gasteiger partial charge in [-0.05, 0) is 43.2 Å². The van der Waals surface area contributed by atoms with Gasteiger partial charge < -0.3 is 5.32 Å². The van der Waals surface area contributed by atoms with Gasteiger partial charge in [-0.25, -0.2) is 15.0 Å². The molecule has 0 unspecified atom stereocenters. The molecule has 0 fully saturated rings. The molecule has 0 radical (unpaired) electrons. The van der Waals surface area contributed by atoms with Crippen molar-refractivity contribution in [2.24, 2.45) is 5.10 Å². The Bertz CT molecular complexity index is 1090. The monoisotopic (exact) mass is 388 g/mol. The smallest absolute Gasteiger partial charge is 0.271 e. The quantitative estimate of drug-likeness (QED) is 0.744. The Labute approximate surface area is 167 Å². The van der Waals surface area contributed by atoms with Gasteiger partial charge in [-0.3, -0.25) is 14.2 Å². The Kier molecular flexibility index (Phi) is 4.90. The van der Waals surface area contributed by atoms with Crippen LogP contribution in [0, 0.1) is 13.8 Å². The van der Waals surface area contributed by atoms with E-state index in [9.17, 15) is 9.59 Å². The normalized spacial score (nSPS) is 13.9. The summed E-state index contributed by atoms with van der Waals surface area (Å²) >= 11 is 0. The number of hydrogen-bond donors (Lipinski definition) is 1. The number of aromatic nitrogens is 3. The van der Waals surface area contributed by atoms with E-state index in [0.29, 0.717) is 29.3 Å². The molecule has 0 aliphatic carbocycles. The maximum Gasteiger partial charge on any atom is 0.271 e. The molecule has 1 aliphatic rings. The van der Waals surface area contributed by atoms with E-state index < -0.39 is 0 Å². The average molecular weight is 388 g/mol. The maximum absolute atomic E-state index is 12.7. The van der Waals surface area contributed by atoms with Gasteiger partial charge >= 0.3 is 0 Å². The Balaban J connectivity index is 1.53. The number of pyridine rings is 1. The van der Waals surface area contributed by atoms with Gasteiger partial charge in [0.2, 0.25) is 5.91 Å². The molecule has 2 aromatic heterocycles. The number of nitrogens with zero attached hydrogens (tertiary/aromatic N) is 5. The molecule has 0 saturated carbocycles. The van der Waals surface area contributed by atoms with E-state index in [-0.39, 0.29) is 18.2 Å². The fraction of sp³-hybridized carbons (Fsp3) is 0.190. The van der Waals surface area contributed by atoms with Crippen LogP contribution < -0.4 is 10.3 Å². The third-order valence-electron chi connectivity index (χ3n) is 4.66. The van der Waals surface area contributed by atoms with Crippen molar-refractivity contribution in [3.63, 3.8) is 0 Å². The molecule has 0 bridgehead atoms. The second-order valence-electron chi connectivity index (χ2n) is 6.87. The molecule has 1 N–H and O–H groups in total. The Morgan fingerprint density at radius 1 is 1.14 bits per heavy atom. The Hall–Kier alpha value is -3.81. The second kappa shape index (κ2) is 7.67. The van der Waals surface area contributed by atoms with Crippen LogP contribution in [0.5, 0.6) is 0 Å². The van der Waals surface area contributed by atoms with E-state index in [1.165, 1.54) is 5.01 Å². The van der Waals surface area contributed by atoms with Crippen LogP contribution in [0.3, 0.4) is 0 Å². The largest absolute Gasteiger partial charge is 0.319 e. The molecule has 3 aromatic rings. The summed E-state index contributed by atoms with van der Waals surface area (Å²) in [5.74, 6) is 0.230. The third-order valence-corrected chi connectivity index (χ3v) is 4.66. The highest BCUT2D eigenvalue weighted by molar-refractivity contribution is 6.44. The first-order chi connectivity index (χ1) is 14.0. The summed E-state index contributed by atoms with van der Waals surface area (Å²) in [6.07, 6.45) is 7.21. The molecule has 3 heterocycles. The molecular formula is C21H20N6O2. The van der Waals surface area contributed by atoms with Crippen molar-refractivity contribution in [1.82, 2.24) is 14.5 Å². The molecular weight excluding hydrogens is 368 g/mol. The summed E-state index contributed by atoms with van der Waals surface area (Å²) in [5.41, 5.74) is 3.51. The summed E-state index contributed by atoms with van der Waals surface area (Å²) in [7, 11) is 0. The number of carbonyl (C=O) groups is 2. The van der Waals surface area contributed by atoms with Crippen molar-refractivity contribution in [3.8, 4) is 5.82 Å². The predicted octanol–water partition coefficient (Wildman–Crippen LogP) is 3.01. The fourth-order valence-electron chi connectivity index (χ4n) is 3.06. The number of imidazole rings is 1. The first-order valence-electron chi connectivity index (χ1n) is 9.25. The highest BCUT2D eigenvalue weighted by atomic mass is 16.2. The zero-order chi connectivity index (χ0) is 20.4. The summed E-state index contributed by atoms with van der Waals surface area (Å²) in [6.45, 7) is 3.87. The van der Waals surface area contributed by atoms with E-state index in [1.807, 2.05) is 32.0 Å². The molecule has 0 atom stereocenters. The minimum absolute atomic E-state index is 0.124. The standard InChI is InChI=1S/C21H20N6O2/c1-14-3-4-15(2)18(11-14)27-20(28)8-6-17(25-27)21(29)24-16-5-7-19(23-12-16)26-10-9-22-13-26/h3-5,7,9-13H,6,8H2,1-2H3,(H,24,29). The third kappa shape index (κ3) is 3.91. The number of aryl methyl sites for hydroxylation is 2. The molecule has 2 amide bonds. The predicted molar refractivity (Wildman–Crippen MR) is 110 cm³/mol. The van der Waals surface area contributed by atoms with Crippen molar-refractivity contribution in [3.05, 3.63) is 66.4 Å². The van der Waals surface area contributed by atoms with Crippen LogP contribution in [-0.4, -0.2) is 32.1 Å². The lowest BCUT2D eigenvalue weighted by Gasteiger charge is -2.24. The van der Waals surface area contributed by atoms with Crippen LogP contribution >= 0.6 is 0 Å². The number of nitrogens with one attached hydrogen (secondary N) is 1. The summed E-state index contributed by atoms with van der Waals surface area (Å²) in [4.78, 5) is 33.4. The van der Waals surface area contributed by atoms with Crippen LogP contribution in [0.15, 0.2) is 60.4 Å². The first kappa shape index (κ1) is 18.5. The molecule has 1 aliphatic heterocycles. The molecule has 146 valence electrons. The Morgan fingerprint density at radius 3 is 2.72 bits per heavy atom. The molecule has 4 rings (SSSR count). The minimum atomic E-state index is -0.343. The van der Waals surface area contributed by atoms with Crippen molar-refractivity contribution in [2.75, 3.05) is 10.3 Å². The van der Waals surface area contributed by atoms with Gasteiger partial charge in [0, 0.05) is 25.2 Å². The molecule has 8 heteroatoms. The van der Waals surface area contributed by atoms with Crippen molar-refractivity contribution in [2.45, 2.75) is 26.7 Å². The van der Waals surface area contributed by atoms with Crippen LogP contribution in [0.1, 0.15) is 24.0 Å². The van der Waals surface area contributed by atoms with E-state index in [1.54, 1.807) is 41.6 Å². The topological polar surface area (TPSA) is 92.5 Å². The number of hydrogen-bond acceptors (Lipinski definition) is 5. The maximum atomic E-state index is 12.7. The summed E-state index contributed by atoms with van der Waals surface area (Å²) in [6, 6.07) is 9.36. The van der Waals surface area contributed by atoms with Gasteiger partial charge in [-0.15, -0.1) is 0 Å². The van der Waals surface area contributed by atoms with E-state index in [2.05, 4.69) is 20.4 Å². The number of carbonyl (C=O) groups excluding carboxylic acids is 2. The number of hydrazone groups is 1. The van der Waals surface area contributed by atoms with Gasteiger partial charge in [0.1, 0.15) is 17.9 Å². The fourth-order valence-corrected chi connectivity index (χ4v) is 3.06. The van der Waals surface area contributed by atoms with Gasteiger partial charge in [0.25, 0.3) is 5.91 Å². The highest BCUT2D eigenvalue weighted by Crippen LogP contribution is 2.25. The molecule has 1 aromatic carbocycles. The number of anilines is 2. The van der Waals surface area contributed by atoms with Crippen molar-refractivity contribution < 1.29 is 9.59 Å². The second-order valence-corrected chi connectivity index (χ2v) is 6.87. The van der Waals surface area contributed by atoms with Crippen LogP contribution in [-0.2, 0) is 9.59 Å². The van der Waals surface area contributed by atoms with E-state index >= 15 is 0 Å². The lowest BCUT2D eigenvalue weighted by molar-refractivity contribution is -0.118. The van der Waals surface area contributed by atoms with Crippen molar-refractivity contribution in [1.29, 1.82) is 0 Å². The summed E-state index contributed by atoms with van der Waals surface area (Å²) < 4.78 is 1.77. The first-order valence-corrected chi connectivity index (χ1v) is 9.25. The minimum Gasteiger partial charge on any atom is -0.319 e. The summed E-state index contributed by atoms with van der Waals surface area (Å²) in [5, 5.41) is 8.48. The van der Waals surface area contributed by atoms with Gasteiger partial charge in [0.05, 0.1) is 17.6 Å². The Morgan fingerprint density at radius 2 is 2.00 bits per heavy atom. The lowest BCUT2D eigenvalue weighted by Crippen LogP contribution is -2.36. The van der Waals surface area contributed by atoms with Crippen molar-refractivity contribution >= 4 is 28.9 Å². The number of benzene rings is 1. The molecule has 0 spiro atoms. The molecule has 29 heavy (non-hydrogen) atoms. The van der Waals surface area contributed by atoms with Crippen LogP contribution in [0.2, 0.25) is 0 Å². The van der Waals surface area contributed by atoms with E-state index in [4.69, 9.17) is 0 Å². The van der Waals surface area contributed by atoms with Crippen LogP contribution in [0.4, 0.5) is 11.4 Å². The highest BCUT2D eigenvalue weighted by Gasteiger charge is 2.26. The molecule has 8 nitrogen and oxygen atoms in total. The lowest BCUT2D eigenvalue weighted by atomic mass is 10.1. The van der Waals surface area contributed by atoms with Crippen LogP contribution in [0.25, 0.3) is 5.82 Å². The number of rotatable bonds is 4. The zero-order valence-corrected chi connectivity index (χ0v) is 16.2. The average Bonchev–Trinajstić information content (AvgIpc) is 3.26.